The maximum Gasteiger partial charge on any atom is 0.404 e. The largest absolute Gasteiger partial charge is 0.446 e. The molecule has 4 aromatic rings. The SMILES string of the molecule is Cn1ncc2cc(-c3cc(C(N)=O)c(N4CCC(OC(N)=O)CC4)nc3-c3ccc(C#N)c(F)c3)ccc21. The van der Waals surface area contributed by atoms with Crippen molar-refractivity contribution in [2.24, 2.45) is 18.5 Å². The second-order valence-corrected chi connectivity index (χ2v) is 9.09. The summed E-state index contributed by atoms with van der Waals surface area (Å²) >= 11 is 0. The zero-order valence-electron chi connectivity index (χ0n) is 20.5. The van der Waals surface area contributed by atoms with Gasteiger partial charge in [0.25, 0.3) is 5.91 Å². The Bertz CT molecular complexity index is 1620. The van der Waals surface area contributed by atoms with Gasteiger partial charge in [-0.3, -0.25) is 9.48 Å². The summed E-state index contributed by atoms with van der Waals surface area (Å²) in [5.74, 6) is -0.990. The number of aromatic nitrogens is 3. The van der Waals surface area contributed by atoms with Gasteiger partial charge in [0.1, 0.15) is 23.8 Å². The Labute approximate surface area is 217 Å². The maximum atomic E-state index is 14.7. The minimum absolute atomic E-state index is 0.0856. The van der Waals surface area contributed by atoms with Crippen molar-refractivity contribution in [3.8, 4) is 28.5 Å². The molecule has 5 rings (SSSR count). The molecule has 1 aliphatic rings. The highest BCUT2D eigenvalue weighted by Crippen LogP contribution is 2.37. The molecule has 10 nitrogen and oxygen atoms in total. The Hall–Kier alpha value is -4.98. The van der Waals surface area contributed by atoms with Crippen LogP contribution < -0.4 is 16.4 Å². The number of nitriles is 1. The number of benzene rings is 2. The number of nitrogens with two attached hydrogens (primary N) is 2. The van der Waals surface area contributed by atoms with Crippen molar-refractivity contribution >= 4 is 28.7 Å². The molecule has 0 aliphatic carbocycles. The maximum absolute atomic E-state index is 14.7. The first-order chi connectivity index (χ1) is 18.2. The molecule has 1 aliphatic heterocycles. The molecule has 0 radical (unpaired) electrons. The number of nitrogens with zero attached hydrogens (tertiary/aromatic N) is 5. The molecule has 0 spiro atoms. The molecule has 192 valence electrons. The molecule has 0 saturated carbocycles. The van der Waals surface area contributed by atoms with Gasteiger partial charge in [-0.2, -0.15) is 10.4 Å². The van der Waals surface area contributed by atoms with Crippen LogP contribution in [-0.2, 0) is 11.8 Å². The second-order valence-electron chi connectivity index (χ2n) is 9.09. The van der Waals surface area contributed by atoms with Crippen LogP contribution in [0.25, 0.3) is 33.3 Å². The van der Waals surface area contributed by atoms with Gasteiger partial charge in [0.05, 0.1) is 28.5 Å². The molecule has 1 fully saturated rings. The Kier molecular flexibility index (Phi) is 6.38. The first-order valence-corrected chi connectivity index (χ1v) is 11.9. The number of hydrogen-bond acceptors (Lipinski definition) is 7. The minimum atomic E-state index is -0.834. The molecule has 1 saturated heterocycles. The third-order valence-electron chi connectivity index (χ3n) is 6.71. The highest BCUT2D eigenvalue weighted by atomic mass is 19.1. The van der Waals surface area contributed by atoms with Crippen LogP contribution in [0.15, 0.2) is 48.7 Å². The predicted octanol–water partition coefficient (Wildman–Crippen LogP) is 3.48. The van der Waals surface area contributed by atoms with Gasteiger partial charge in [-0.05, 0) is 35.9 Å². The molecule has 2 aromatic heterocycles. The lowest BCUT2D eigenvalue weighted by Gasteiger charge is -2.33. The summed E-state index contributed by atoms with van der Waals surface area (Å²) in [6.45, 7) is 0.876. The Morgan fingerprint density at radius 1 is 1.11 bits per heavy atom. The number of rotatable bonds is 5. The Morgan fingerprint density at radius 3 is 2.50 bits per heavy atom. The third-order valence-corrected chi connectivity index (χ3v) is 6.71. The molecular weight excluding hydrogens is 489 g/mol. The van der Waals surface area contributed by atoms with Gasteiger partial charge in [0.15, 0.2) is 0 Å². The number of hydrogen-bond donors (Lipinski definition) is 2. The number of primary amides is 2. The van der Waals surface area contributed by atoms with E-state index in [9.17, 15) is 19.2 Å². The monoisotopic (exact) mass is 513 g/mol. The lowest BCUT2D eigenvalue weighted by atomic mass is 9.95. The minimum Gasteiger partial charge on any atom is -0.446 e. The van der Waals surface area contributed by atoms with Crippen LogP contribution in [0.4, 0.5) is 15.0 Å². The van der Waals surface area contributed by atoms with Crippen LogP contribution in [0.3, 0.4) is 0 Å². The fraction of sp³-hybridized carbons (Fsp3) is 0.222. The number of fused-ring (bicyclic) bond motifs is 1. The van der Waals surface area contributed by atoms with Crippen LogP contribution in [0, 0.1) is 17.1 Å². The Morgan fingerprint density at radius 2 is 1.84 bits per heavy atom. The number of pyridine rings is 1. The van der Waals surface area contributed by atoms with Crippen LogP contribution in [0.2, 0.25) is 0 Å². The number of anilines is 1. The quantitative estimate of drug-likeness (QED) is 0.414. The normalized spacial score (nSPS) is 13.9. The molecule has 38 heavy (non-hydrogen) atoms. The fourth-order valence-electron chi connectivity index (χ4n) is 4.80. The molecule has 4 N–H and O–H groups in total. The molecule has 3 heterocycles. The second kappa shape index (κ2) is 9.82. The molecule has 11 heteroatoms. The number of aryl methyl sites for hydroxylation is 1. The van der Waals surface area contributed by atoms with E-state index in [-0.39, 0.29) is 17.2 Å². The topological polar surface area (TPSA) is 153 Å². The van der Waals surface area contributed by atoms with Crippen molar-refractivity contribution in [2.45, 2.75) is 18.9 Å². The summed E-state index contributed by atoms with van der Waals surface area (Å²) in [5.41, 5.74) is 14.2. The van der Waals surface area contributed by atoms with Crippen LogP contribution in [0.1, 0.15) is 28.8 Å². The van der Waals surface area contributed by atoms with Gasteiger partial charge in [-0.15, -0.1) is 0 Å². The number of piperidine rings is 1. The Balaban J connectivity index is 1.67. The van der Waals surface area contributed by atoms with Crippen molar-refractivity contribution in [1.82, 2.24) is 14.8 Å². The van der Waals surface area contributed by atoms with Gasteiger partial charge >= 0.3 is 6.09 Å². The van der Waals surface area contributed by atoms with Gasteiger partial charge in [-0.25, -0.2) is 14.2 Å². The summed E-state index contributed by atoms with van der Waals surface area (Å²) in [5, 5.41) is 14.4. The molecular formula is C27H24FN7O3. The molecule has 0 unspecified atom stereocenters. The van der Waals surface area contributed by atoms with Gasteiger partial charge in [0, 0.05) is 49.5 Å². The number of carbonyl (C=O) groups excluding carboxylic acids is 2. The van der Waals surface area contributed by atoms with Crippen LogP contribution in [0.5, 0.6) is 0 Å². The van der Waals surface area contributed by atoms with Gasteiger partial charge in [-0.1, -0.05) is 12.1 Å². The van der Waals surface area contributed by atoms with Gasteiger partial charge < -0.3 is 21.1 Å². The van der Waals surface area contributed by atoms with Crippen molar-refractivity contribution in [1.29, 1.82) is 5.26 Å². The van der Waals surface area contributed by atoms with E-state index < -0.39 is 17.8 Å². The lowest BCUT2D eigenvalue weighted by molar-refractivity contribution is 0.0911. The van der Waals surface area contributed by atoms with Gasteiger partial charge in [0.2, 0.25) is 0 Å². The summed E-state index contributed by atoms with van der Waals surface area (Å²) in [7, 11) is 1.84. The first kappa shape index (κ1) is 24.7. The van der Waals surface area contributed by atoms with E-state index in [0.29, 0.717) is 48.6 Å². The highest BCUT2D eigenvalue weighted by Gasteiger charge is 2.27. The molecule has 2 amide bonds. The van der Waals surface area contributed by atoms with Crippen molar-refractivity contribution in [3.63, 3.8) is 0 Å². The summed E-state index contributed by atoms with van der Waals surface area (Å²) in [6.07, 6.45) is 1.54. The lowest BCUT2D eigenvalue weighted by Crippen LogP contribution is -2.40. The van der Waals surface area contributed by atoms with E-state index in [0.717, 1.165) is 16.5 Å². The fourth-order valence-corrected chi connectivity index (χ4v) is 4.80. The van der Waals surface area contributed by atoms with Crippen molar-refractivity contribution in [3.05, 3.63) is 65.6 Å². The number of amides is 2. The van der Waals surface area contributed by atoms with E-state index in [1.54, 1.807) is 23.0 Å². The average molecular weight is 514 g/mol. The van der Waals surface area contributed by atoms with Crippen molar-refractivity contribution in [2.75, 3.05) is 18.0 Å². The van der Waals surface area contributed by atoms with Crippen LogP contribution in [-0.4, -0.2) is 46.0 Å². The van der Waals surface area contributed by atoms with E-state index in [1.807, 2.05) is 36.2 Å². The van der Waals surface area contributed by atoms with E-state index >= 15 is 0 Å². The third kappa shape index (κ3) is 4.59. The summed E-state index contributed by atoms with van der Waals surface area (Å²) in [4.78, 5) is 30.5. The zero-order valence-corrected chi connectivity index (χ0v) is 20.5. The smallest absolute Gasteiger partial charge is 0.404 e. The molecule has 0 atom stereocenters. The number of halogens is 1. The molecule has 2 aromatic carbocycles. The zero-order chi connectivity index (χ0) is 27.0. The molecule has 0 bridgehead atoms. The first-order valence-electron chi connectivity index (χ1n) is 11.9. The number of carbonyl (C=O) groups is 2. The summed E-state index contributed by atoms with van der Waals surface area (Å²) in [6, 6.07) is 13.5. The number of ether oxygens (including phenoxy) is 1. The standard InChI is InChI=1S/C27H24FN7O3/c1-34-23-5-4-15(10-18(23)14-32-34)20-12-21(25(30)36)26(35-8-6-19(7-9-35)38-27(31)37)33-24(20)16-2-3-17(13-29)22(28)11-16/h2-5,10-12,14,19H,6-9H2,1H3,(H2,30,36)(H2,31,37). The predicted molar refractivity (Wildman–Crippen MR) is 138 cm³/mol. The van der Waals surface area contributed by atoms with E-state index in [2.05, 4.69) is 5.10 Å². The van der Waals surface area contributed by atoms with E-state index in [1.165, 1.54) is 12.1 Å². The van der Waals surface area contributed by atoms with Crippen LogP contribution >= 0.6 is 0 Å². The van der Waals surface area contributed by atoms with Crippen molar-refractivity contribution < 1.29 is 18.7 Å². The highest BCUT2D eigenvalue weighted by molar-refractivity contribution is 6.01. The summed E-state index contributed by atoms with van der Waals surface area (Å²) < 4.78 is 21.6. The average Bonchev–Trinajstić information content (AvgIpc) is 3.27. The van der Waals surface area contributed by atoms with E-state index in [4.69, 9.17) is 21.2 Å².